The molecule has 0 amide bonds. The van der Waals surface area contributed by atoms with E-state index in [0.717, 1.165) is 16.3 Å². The molecule has 0 aliphatic carbocycles. The van der Waals surface area contributed by atoms with Gasteiger partial charge >= 0.3 is 0 Å². The van der Waals surface area contributed by atoms with Crippen LogP contribution in [0.3, 0.4) is 0 Å². The molecule has 0 aliphatic rings. The van der Waals surface area contributed by atoms with E-state index in [1.807, 2.05) is 0 Å². The number of nitrogens with zero attached hydrogens (tertiary/aromatic N) is 1. The first-order valence-corrected chi connectivity index (χ1v) is 26.9. The summed E-state index contributed by atoms with van der Waals surface area (Å²) in [5, 5.41) is 0. The summed E-state index contributed by atoms with van der Waals surface area (Å²) >= 11 is 0. The summed E-state index contributed by atoms with van der Waals surface area (Å²) in [5.74, 6) is 1.53. The molecule has 6 heteroatoms. The maximum absolute atomic E-state index is 9.45. The van der Waals surface area contributed by atoms with Crippen LogP contribution in [0, 0.1) is 11.8 Å². The van der Waals surface area contributed by atoms with Crippen molar-refractivity contribution < 1.29 is 21.6 Å². The number of hydrogen-bond acceptors (Lipinski definition) is 4. The Hall–Kier alpha value is -1.73. The van der Waals surface area contributed by atoms with Crippen LogP contribution in [0.5, 0.6) is 0 Å². The number of benzene rings is 2. The van der Waals surface area contributed by atoms with E-state index in [9.17, 15) is 13.0 Å². The third-order valence-electron chi connectivity index (χ3n) is 12.4. The zero-order valence-electron chi connectivity index (χ0n) is 40.2. The van der Waals surface area contributed by atoms with Crippen molar-refractivity contribution in [3.05, 3.63) is 71.8 Å². The maximum atomic E-state index is 9.45. The van der Waals surface area contributed by atoms with Gasteiger partial charge in [0.1, 0.15) is 0 Å². The number of quaternary nitrogens is 1. The molecule has 2 aromatic rings. The highest BCUT2D eigenvalue weighted by atomic mass is 32.3. The summed E-state index contributed by atoms with van der Waals surface area (Å²) < 4.78 is 33.2. The Bertz CT molecular complexity index is 1200. The lowest BCUT2D eigenvalue weighted by atomic mass is 9.89. The lowest BCUT2D eigenvalue weighted by molar-refractivity contribution is -0.897. The Labute approximate surface area is 374 Å². The molecule has 0 N–H and O–H groups in total. The van der Waals surface area contributed by atoms with Crippen molar-refractivity contribution in [2.75, 3.05) is 33.8 Å². The van der Waals surface area contributed by atoms with E-state index >= 15 is 0 Å². The Kier molecular flexibility index (Phi) is 36.5. The van der Waals surface area contributed by atoms with E-state index in [1.165, 1.54) is 237 Å². The van der Waals surface area contributed by atoms with Crippen molar-refractivity contribution in [2.45, 2.75) is 226 Å². The summed E-state index contributed by atoms with van der Waals surface area (Å²) in [6.07, 6.45) is 45.6. The Morgan fingerprint density at radius 1 is 0.450 bits per heavy atom. The number of unbranched alkanes of at least 4 members (excludes halogenated alkanes) is 26. The fourth-order valence-corrected chi connectivity index (χ4v) is 9.57. The molecule has 60 heavy (non-hydrogen) atoms. The minimum Gasteiger partial charge on any atom is -0.726 e. The Morgan fingerprint density at radius 3 is 0.950 bits per heavy atom. The molecule has 0 saturated carbocycles. The second kappa shape index (κ2) is 38.9. The summed E-state index contributed by atoms with van der Waals surface area (Å²) in [6, 6.07) is 22.8. The molecule has 5 nitrogen and oxygen atoms in total. The molecule has 2 atom stereocenters. The first-order chi connectivity index (χ1) is 29.1. The van der Waals surface area contributed by atoms with Gasteiger partial charge in [-0.15, -0.1) is 0 Å². The number of rotatable bonds is 40. The quantitative estimate of drug-likeness (QED) is 0.0290. The molecule has 0 radical (unpaired) electrons. The third kappa shape index (κ3) is 36.9. The molecule has 2 unspecified atom stereocenters. The predicted molar refractivity (Wildman–Crippen MR) is 260 cm³/mol. The van der Waals surface area contributed by atoms with Crippen LogP contribution >= 0.6 is 0 Å². The highest BCUT2D eigenvalue weighted by Gasteiger charge is 2.26. The van der Waals surface area contributed by atoms with E-state index in [2.05, 4.69) is 92.8 Å². The molecule has 2 aromatic carbocycles. The normalized spacial score (nSPS) is 12.9. The zero-order chi connectivity index (χ0) is 43.8. The summed E-state index contributed by atoms with van der Waals surface area (Å²) in [7, 11) is 0.672. The van der Waals surface area contributed by atoms with Crippen LogP contribution in [-0.4, -0.2) is 51.2 Å². The summed E-state index contributed by atoms with van der Waals surface area (Å²) in [4.78, 5) is 0. The van der Waals surface area contributed by atoms with Crippen molar-refractivity contribution in [3.8, 4) is 0 Å². The lowest BCUT2D eigenvalue weighted by Crippen LogP contribution is -2.47. The molecule has 0 fully saturated rings. The average molecular weight is 856 g/mol. The Morgan fingerprint density at radius 2 is 0.717 bits per heavy atom. The smallest absolute Gasteiger partial charge is 0.217 e. The SMILES string of the molecule is CCCCCCCCCCCCCCCCC(Cc1ccccc1)C[N+](C)(C)CC(CCCCCCCCCCCCCCCC)Cc1ccccc1.CCOS(=O)(=O)[O-]. The third-order valence-corrected chi connectivity index (χ3v) is 13.0. The van der Waals surface area contributed by atoms with E-state index in [0.29, 0.717) is 0 Å². The second-order valence-corrected chi connectivity index (χ2v) is 20.0. The predicted octanol–water partition coefficient (Wildman–Crippen LogP) is 16.0. The minimum absolute atomic E-state index is 0.0914. The molecular formula is C54H97NO4S. The molecular weight excluding hydrogens is 759 g/mol. The fourth-order valence-electron chi connectivity index (χ4n) is 9.28. The number of hydrogen-bond donors (Lipinski definition) is 0. The molecule has 348 valence electrons. The second-order valence-electron chi connectivity index (χ2n) is 19.0. The first kappa shape index (κ1) is 56.3. The van der Waals surface area contributed by atoms with Crippen molar-refractivity contribution in [2.24, 2.45) is 11.8 Å². The molecule has 0 saturated heterocycles. The first-order valence-electron chi connectivity index (χ1n) is 25.6. The van der Waals surface area contributed by atoms with E-state index in [4.69, 9.17) is 0 Å². The maximum Gasteiger partial charge on any atom is 0.217 e. The molecule has 0 aliphatic heterocycles. The molecule has 2 rings (SSSR count). The van der Waals surface area contributed by atoms with Gasteiger partial charge in [-0.2, -0.15) is 0 Å². The minimum atomic E-state index is -4.42. The van der Waals surface area contributed by atoms with Gasteiger partial charge < -0.3 is 9.04 Å². The van der Waals surface area contributed by atoms with Crippen LogP contribution in [0.1, 0.15) is 225 Å². The monoisotopic (exact) mass is 856 g/mol. The van der Waals surface area contributed by atoms with Crippen LogP contribution in [0.4, 0.5) is 0 Å². The van der Waals surface area contributed by atoms with Crippen molar-refractivity contribution in [1.82, 2.24) is 0 Å². The lowest BCUT2D eigenvalue weighted by Gasteiger charge is -2.37. The standard InChI is InChI=1S/C52H92N.C2H6O4S/c1-5-7-9-11-13-15-17-19-21-23-25-27-29-33-43-51(45-49-39-35-31-36-40-49)47-53(3,4)48-52(46-50-41-37-32-38-42-50)44-34-30-28-26-24-22-20-18-16-14-12-10-8-6-2;1-2-6-7(3,4)5/h31-32,35-42,51-52H,5-30,33-34,43-48H2,1-4H3;2H2,1H3,(H,3,4,5)/q+1;/p-1. The molecule has 0 bridgehead atoms. The van der Waals surface area contributed by atoms with Gasteiger partial charge in [-0.1, -0.05) is 254 Å². The van der Waals surface area contributed by atoms with Crippen molar-refractivity contribution in [3.63, 3.8) is 0 Å². The van der Waals surface area contributed by atoms with E-state index in [-0.39, 0.29) is 6.61 Å². The largest absolute Gasteiger partial charge is 0.726 e. The van der Waals surface area contributed by atoms with Gasteiger partial charge in [0.15, 0.2) is 0 Å². The van der Waals surface area contributed by atoms with Gasteiger partial charge in [0.05, 0.1) is 33.8 Å². The molecule has 0 aromatic heterocycles. The molecule has 0 heterocycles. The van der Waals surface area contributed by atoms with Crippen LogP contribution < -0.4 is 0 Å². The highest BCUT2D eigenvalue weighted by molar-refractivity contribution is 7.80. The van der Waals surface area contributed by atoms with Gasteiger partial charge in [-0.05, 0) is 43.7 Å². The van der Waals surface area contributed by atoms with E-state index in [1.54, 1.807) is 0 Å². The van der Waals surface area contributed by atoms with Crippen LogP contribution in [0.2, 0.25) is 0 Å². The Balaban J connectivity index is 0.00000235. The van der Waals surface area contributed by atoms with Crippen LogP contribution in [0.25, 0.3) is 0 Å². The van der Waals surface area contributed by atoms with Gasteiger partial charge in [-0.25, -0.2) is 8.42 Å². The van der Waals surface area contributed by atoms with Crippen molar-refractivity contribution >= 4 is 10.4 Å². The fraction of sp³-hybridized carbons (Fsp3) is 0.778. The van der Waals surface area contributed by atoms with Gasteiger partial charge in [0.25, 0.3) is 0 Å². The summed E-state index contributed by atoms with van der Waals surface area (Å²) in [6.45, 7) is 8.57. The van der Waals surface area contributed by atoms with Crippen LogP contribution in [-0.2, 0) is 27.4 Å². The van der Waals surface area contributed by atoms with Gasteiger partial charge in [0.2, 0.25) is 10.4 Å². The summed E-state index contributed by atoms with van der Waals surface area (Å²) in [5.41, 5.74) is 3.07. The van der Waals surface area contributed by atoms with Crippen molar-refractivity contribution in [1.29, 1.82) is 0 Å². The van der Waals surface area contributed by atoms with Gasteiger partial charge in [0, 0.05) is 11.8 Å². The molecule has 0 spiro atoms. The van der Waals surface area contributed by atoms with Gasteiger partial charge in [-0.3, -0.25) is 4.18 Å². The average Bonchev–Trinajstić information content (AvgIpc) is 3.21. The topological polar surface area (TPSA) is 66.4 Å². The highest BCUT2D eigenvalue weighted by Crippen LogP contribution is 2.25. The van der Waals surface area contributed by atoms with E-state index < -0.39 is 10.4 Å². The zero-order valence-corrected chi connectivity index (χ0v) is 41.0. The van der Waals surface area contributed by atoms with Crippen LogP contribution in [0.15, 0.2) is 60.7 Å².